The predicted octanol–water partition coefficient (Wildman–Crippen LogP) is 3.32. The van der Waals surface area contributed by atoms with Crippen molar-refractivity contribution in [3.05, 3.63) is 59.7 Å². The molecule has 0 bridgehead atoms. The van der Waals surface area contributed by atoms with Crippen molar-refractivity contribution >= 4 is 11.6 Å². The van der Waals surface area contributed by atoms with E-state index in [0.29, 0.717) is 12.3 Å². The molecule has 0 spiro atoms. The summed E-state index contributed by atoms with van der Waals surface area (Å²) in [4.78, 5) is 14.1. The highest BCUT2D eigenvalue weighted by Crippen LogP contribution is 2.15. The first-order valence-electron chi connectivity index (χ1n) is 8.36. The topological polar surface area (TPSA) is 41.6 Å². The number of nitrogens with zero attached hydrogens (tertiary/aromatic N) is 1. The molecule has 1 amide bonds. The van der Waals surface area contributed by atoms with Gasteiger partial charge in [0.15, 0.2) is 6.61 Å². The summed E-state index contributed by atoms with van der Waals surface area (Å²) in [7, 11) is 0. The molecule has 1 N–H and O–H groups in total. The molecule has 0 heterocycles. The number of carbonyl (C=O) groups is 1. The Labute approximate surface area is 144 Å². The summed E-state index contributed by atoms with van der Waals surface area (Å²) in [5.74, 6) is 0.613. The van der Waals surface area contributed by atoms with Crippen LogP contribution in [0.3, 0.4) is 0 Å². The molecule has 0 fully saturated rings. The molecule has 24 heavy (non-hydrogen) atoms. The summed E-state index contributed by atoms with van der Waals surface area (Å²) in [5, 5.41) is 2.91. The van der Waals surface area contributed by atoms with Crippen LogP contribution in [0.2, 0.25) is 0 Å². The lowest BCUT2D eigenvalue weighted by molar-refractivity contribution is -0.123. The molecule has 0 aliphatic carbocycles. The molecular formula is C20H26N2O2. The SMILES string of the molecule is CCN(CCNC(=O)COc1ccc(C)cc1)c1cccc(C)c1. The molecule has 0 aromatic heterocycles. The van der Waals surface area contributed by atoms with Crippen LogP contribution < -0.4 is 15.0 Å². The Kier molecular flexibility index (Phi) is 6.67. The van der Waals surface area contributed by atoms with Gasteiger partial charge in [0.25, 0.3) is 5.91 Å². The van der Waals surface area contributed by atoms with E-state index >= 15 is 0 Å². The third kappa shape index (κ3) is 5.61. The lowest BCUT2D eigenvalue weighted by atomic mass is 10.2. The van der Waals surface area contributed by atoms with Gasteiger partial charge in [0.2, 0.25) is 0 Å². The smallest absolute Gasteiger partial charge is 0.258 e. The second-order valence-electron chi connectivity index (χ2n) is 5.87. The minimum absolute atomic E-state index is 0.0413. The fourth-order valence-electron chi connectivity index (χ4n) is 2.46. The quantitative estimate of drug-likeness (QED) is 0.809. The zero-order chi connectivity index (χ0) is 17.4. The molecule has 0 saturated heterocycles. The molecule has 0 aliphatic heterocycles. The first kappa shape index (κ1) is 17.9. The predicted molar refractivity (Wildman–Crippen MR) is 98.7 cm³/mol. The number of carbonyl (C=O) groups excluding carboxylic acids is 1. The number of ether oxygens (including phenoxy) is 1. The van der Waals surface area contributed by atoms with Gasteiger partial charge in [-0.2, -0.15) is 0 Å². The number of benzene rings is 2. The minimum Gasteiger partial charge on any atom is -0.484 e. The molecule has 2 aromatic rings. The second kappa shape index (κ2) is 8.96. The van der Waals surface area contributed by atoms with Crippen molar-refractivity contribution < 1.29 is 9.53 Å². The summed E-state index contributed by atoms with van der Waals surface area (Å²) in [6.07, 6.45) is 0. The maximum absolute atomic E-state index is 11.9. The Balaban J connectivity index is 1.74. The summed E-state index contributed by atoms with van der Waals surface area (Å²) < 4.78 is 5.48. The summed E-state index contributed by atoms with van der Waals surface area (Å²) in [6.45, 7) is 8.53. The molecule has 0 atom stereocenters. The zero-order valence-electron chi connectivity index (χ0n) is 14.7. The Morgan fingerprint density at radius 3 is 2.50 bits per heavy atom. The van der Waals surface area contributed by atoms with Crippen LogP contribution >= 0.6 is 0 Å². The van der Waals surface area contributed by atoms with Crippen molar-refractivity contribution in [1.29, 1.82) is 0 Å². The average molecular weight is 326 g/mol. The van der Waals surface area contributed by atoms with Crippen LogP contribution in [-0.2, 0) is 4.79 Å². The number of aryl methyl sites for hydroxylation is 2. The molecule has 0 aliphatic rings. The highest BCUT2D eigenvalue weighted by Gasteiger charge is 2.06. The van der Waals surface area contributed by atoms with E-state index in [9.17, 15) is 4.79 Å². The molecule has 128 valence electrons. The number of likely N-dealkylation sites (N-methyl/N-ethyl adjacent to an activating group) is 1. The van der Waals surface area contributed by atoms with Crippen LogP contribution in [0.4, 0.5) is 5.69 Å². The molecule has 0 radical (unpaired) electrons. The molecule has 4 heteroatoms. The third-order valence-electron chi connectivity index (χ3n) is 3.84. The van der Waals surface area contributed by atoms with Gasteiger partial charge in [0.05, 0.1) is 0 Å². The lowest BCUT2D eigenvalue weighted by Gasteiger charge is -2.23. The zero-order valence-corrected chi connectivity index (χ0v) is 14.7. The van der Waals surface area contributed by atoms with Gasteiger partial charge in [-0.1, -0.05) is 29.8 Å². The normalized spacial score (nSPS) is 10.3. The Hall–Kier alpha value is -2.49. The number of hydrogen-bond donors (Lipinski definition) is 1. The maximum Gasteiger partial charge on any atom is 0.258 e. The average Bonchev–Trinajstić information content (AvgIpc) is 2.58. The number of nitrogens with one attached hydrogen (secondary N) is 1. The van der Waals surface area contributed by atoms with Crippen molar-refractivity contribution in [3.63, 3.8) is 0 Å². The first-order valence-corrected chi connectivity index (χ1v) is 8.36. The first-order chi connectivity index (χ1) is 11.6. The van der Waals surface area contributed by atoms with Crippen LogP contribution in [0, 0.1) is 13.8 Å². The van der Waals surface area contributed by atoms with Gasteiger partial charge in [0.1, 0.15) is 5.75 Å². The molecule has 0 unspecified atom stereocenters. The van der Waals surface area contributed by atoms with Gasteiger partial charge in [-0.25, -0.2) is 0 Å². The highest BCUT2D eigenvalue weighted by atomic mass is 16.5. The molecule has 2 rings (SSSR count). The van der Waals surface area contributed by atoms with Crippen LogP contribution in [0.15, 0.2) is 48.5 Å². The molecule has 0 saturated carbocycles. The van der Waals surface area contributed by atoms with Crippen molar-refractivity contribution in [2.75, 3.05) is 31.1 Å². The van der Waals surface area contributed by atoms with Gasteiger partial charge >= 0.3 is 0 Å². The highest BCUT2D eigenvalue weighted by molar-refractivity contribution is 5.77. The molecule has 2 aromatic carbocycles. The van der Waals surface area contributed by atoms with Gasteiger partial charge in [-0.15, -0.1) is 0 Å². The number of anilines is 1. The monoisotopic (exact) mass is 326 g/mol. The van der Waals surface area contributed by atoms with Crippen molar-refractivity contribution in [2.24, 2.45) is 0 Å². The van der Waals surface area contributed by atoms with Crippen LogP contribution in [-0.4, -0.2) is 32.1 Å². The fourth-order valence-corrected chi connectivity index (χ4v) is 2.46. The van der Waals surface area contributed by atoms with Crippen molar-refractivity contribution in [1.82, 2.24) is 5.32 Å². The minimum atomic E-state index is -0.101. The van der Waals surface area contributed by atoms with E-state index < -0.39 is 0 Å². The third-order valence-corrected chi connectivity index (χ3v) is 3.84. The Morgan fingerprint density at radius 2 is 1.83 bits per heavy atom. The van der Waals surface area contributed by atoms with Crippen LogP contribution in [0.1, 0.15) is 18.1 Å². The summed E-state index contributed by atoms with van der Waals surface area (Å²) in [5.41, 5.74) is 3.59. The van der Waals surface area contributed by atoms with Crippen LogP contribution in [0.5, 0.6) is 5.75 Å². The largest absolute Gasteiger partial charge is 0.484 e. The van der Waals surface area contributed by atoms with E-state index in [1.807, 2.05) is 31.2 Å². The number of hydrogen-bond acceptors (Lipinski definition) is 3. The lowest BCUT2D eigenvalue weighted by Crippen LogP contribution is -2.37. The van der Waals surface area contributed by atoms with E-state index in [4.69, 9.17) is 4.74 Å². The van der Waals surface area contributed by atoms with E-state index in [2.05, 4.69) is 48.3 Å². The Bertz CT molecular complexity index is 653. The van der Waals surface area contributed by atoms with Crippen LogP contribution in [0.25, 0.3) is 0 Å². The number of amides is 1. The molecular weight excluding hydrogens is 300 g/mol. The number of rotatable bonds is 8. The second-order valence-corrected chi connectivity index (χ2v) is 5.87. The van der Waals surface area contributed by atoms with Gasteiger partial charge in [-0.3, -0.25) is 4.79 Å². The van der Waals surface area contributed by atoms with Gasteiger partial charge < -0.3 is 15.0 Å². The van der Waals surface area contributed by atoms with Gasteiger partial charge in [-0.05, 0) is 50.6 Å². The van der Waals surface area contributed by atoms with Crippen molar-refractivity contribution in [3.8, 4) is 5.75 Å². The van der Waals surface area contributed by atoms with E-state index in [1.165, 1.54) is 16.8 Å². The standard InChI is InChI=1S/C20H26N2O2/c1-4-22(18-7-5-6-17(3)14-18)13-12-21-20(23)15-24-19-10-8-16(2)9-11-19/h5-11,14H,4,12-13,15H2,1-3H3,(H,21,23). The molecule has 4 nitrogen and oxygen atoms in total. The maximum atomic E-state index is 11.9. The van der Waals surface area contributed by atoms with Gasteiger partial charge in [0, 0.05) is 25.3 Å². The summed E-state index contributed by atoms with van der Waals surface area (Å²) >= 11 is 0. The van der Waals surface area contributed by atoms with E-state index in [1.54, 1.807) is 0 Å². The summed E-state index contributed by atoms with van der Waals surface area (Å²) in [6, 6.07) is 16.1. The van der Waals surface area contributed by atoms with Crippen molar-refractivity contribution in [2.45, 2.75) is 20.8 Å². The van der Waals surface area contributed by atoms with E-state index in [0.717, 1.165) is 13.1 Å². The fraction of sp³-hybridized carbons (Fsp3) is 0.350. The van der Waals surface area contributed by atoms with E-state index in [-0.39, 0.29) is 12.5 Å². The Morgan fingerprint density at radius 1 is 1.08 bits per heavy atom.